The molecule has 2 heterocycles. The fourth-order valence-corrected chi connectivity index (χ4v) is 2.96. The Morgan fingerprint density at radius 1 is 1.16 bits per heavy atom. The number of carbonyl (C=O) groups is 1. The van der Waals surface area contributed by atoms with E-state index in [2.05, 4.69) is 26.1 Å². The van der Waals surface area contributed by atoms with Crippen LogP contribution in [0.4, 0.5) is 11.4 Å². The molecule has 8 heteroatoms. The summed E-state index contributed by atoms with van der Waals surface area (Å²) in [6, 6.07) is 6.89. The van der Waals surface area contributed by atoms with Crippen LogP contribution in [0.5, 0.6) is 11.5 Å². The molecule has 134 valence electrons. The largest absolute Gasteiger partial charge is 0.493 e. The van der Waals surface area contributed by atoms with Crippen LogP contribution in [0.15, 0.2) is 33.4 Å². The van der Waals surface area contributed by atoms with Crippen molar-refractivity contribution in [3.8, 4) is 11.5 Å². The van der Waals surface area contributed by atoms with Gasteiger partial charge in [-0.25, -0.2) is 0 Å². The number of amides is 1. The number of nitrogens with one attached hydrogen (secondary N) is 1. The van der Waals surface area contributed by atoms with Crippen LogP contribution < -0.4 is 19.7 Å². The first-order chi connectivity index (χ1) is 12.1. The van der Waals surface area contributed by atoms with Gasteiger partial charge in [0.2, 0.25) is 0 Å². The molecular weight excluding hydrogens is 392 g/mol. The van der Waals surface area contributed by atoms with Crippen LogP contribution in [0.1, 0.15) is 10.6 Å². The number of morpholine rings is 1. The molecule has 0 atom stereocenters. The number of halogens is 1. The summed E-state index contributed by atoms with van der Waals surface area (Å²) in [6.07, 6.45) is 0. The van der Waals surface area contributed by atoms with Crippen molar-refractivity contribution in [2.24, 2.45) is 0 Å². The number of ether oxygens (including phenoxy) is 3. The number of furan rings is 1. The molecule has 1 fully saturated rings. The second kappa shape index (κ2) is 7.79. The van der Waals surface area contributed by atoms with Crippen LogP contribution in [-0.2, 0) is 4.74 Å². The standard InChI is InChI=1S/C17H19BrN2O5/c1-22-14-9-11(19-17(21)13-3-4-16(18)25-13)12(10-15(14)23-2)20-5-7-24-8-6-20/h3-4,9-10H,5-8H2,1-2H3,(H,19,21). The molecule has 1 aliphatic rings. The van der Waals surface area contributed by atoms with E-state index in [1.165, 1.54) is 0 Å². The third kappa shape index (κ3) is 3.91. The Kier molecular flexibility index (Phi) is 5.50. The maximum Gasteiger partial charge on any atom is 0.291 e. The van der Waals surface area contributed by atoms with E-state index in [1.54, 1.807) is 32.4 Å². The Balaban J connectivity index is 1.95. The summed E-state index contributed by atoms with van der Waals surface area (Å²) in [5, 5.41) is 2.89. The topological polar surface area (TPSA) is 73.2 Å². The number of anilines is 2. The fourth-order valence-electron chi connectivity index (χ4n) is 2.65. The molecule has 1 amide bonds. The molecule has 0 saturated carbocycles. The number of benzene rings is 1. The molecule has 2 aromatic rings. The lowest BCUT2D eigenvalue weighted by atomic mass is 10.2. The number of carbonyl (C=O) groups excluding carboxylic acids is 1. The number of methoxy groups -OCH3 is 2. The van der Waals surface area contributed by atoms with Crippen molar-refractivity contribution in [2.75, 3.05) is 50.7 Å². The van der Waals surface area contributed by atoms with E-state index >= 15 is 0 Å². The minimum atomic E-state index is -0.340. The third-order valence-corrected chi connectivity index (χ3v) is 4.33. The lowest BCUT2D eigenvalue weighted by Crippen LogP contribution is -2.36. The van der Waals surface area contributed by atoms with Gasteiger partial charge in [-0.1, -0.05) is 0 Å². The summed E-state index contributed by atoms with van der Waals surface area (Å²) in [6.45, 7) is 2.72. The highest BCUT2D eigenvalue weighted by molar-refractivity contribution is 9.10. The van der Waals surface area contributed by atoms with E-state index in [-0.39, 0.29) is 11.7 Å². The second-order valence-electron chi connectivity index (χ2n) is 5.38. The first-order valence-electron chi connectivity index (χ1n) is 7.77. The average Bonchev–Trinajstić information content (AvgIpc) is 3.08. The van der Waals surface area contributed by atoms with Gasteiger partial charge in [0.1, 0.15) is 0 Å². The molecule has 3 rings (SSSR count). The van der Waals surface area contributed by atoms with Gasteiger partial charge in [-0.3, -0.25) is 4.79 Å². The first-order valence-corrected chi connectivity index (χ1v) is 8.57. The van der Waals surface area contributed by atoms with Crippen molar-refractivity contribution in [3.63, 3.8) is 0 Å². The third-order valence-electron chi connectivity index (χ3n) is 3.90. The Hall–Kier alpha value is -2.19. The number of nitrogens with zero attached hydrogens (tertiary/aromatic N) is 1. The summed E-state index contributed by atoms with van der Waals surface area (Å²) >= 11 is 3.20. The molecule has 1 N–H and O–H groups in total. The van der Waals surface area contributed by atoms with Crippen molar-refractivity contribution in [1.29, 1.82) is 0 Å². The zero-order valence-electron chi connectivity index (χ0n) is 14.0. The van der Waals surface area contributed by atoms with E-state index < -0.39 is 0 Å². The van der Waals surface area contributed by atoms with Gasteiger partial charge in [0.05, 0.1) is 38.8 Å². The lowest BCUT2D eigenvalue weighted by molar-refractivity contribution is 0.0995. The predicted octanol–water partition coefficient (Wildman–Crippen LogP) is 3.15. The average molecular weight is 411 g/mol. The Bertz CT molecular complexity index is 755. The molecule has 0 spiro atoms. The normalized spacial score (nSPS) is 14.3. The van der Waals surface area contributed by atoms with Gasteiger partial charge in [0.15, 0.2) is 21.9 Å². The summed E-state index contributed by atoms with van der Waals surface area (Å²) in [4.78, 5) is 14.6. The highest BCUT2D eigenvalue weighted by Gasteiger charge is 2.21. The predicted molar refractivity (Wildman–Crippen MR) is 96.9 cm³/mol. The summed E-state index contributed by atoms with van der Waals surface area (Å²) < 4.78 is 22.0. The van der Waals surface area contributed by atoms with Gasteiger partial charge in [0, 0.05) is 25.2 Å². The molecule has 0 bridgehead atoms. The van der Waals surface area contributed by atoms with Crippen LogP contribution in [0.25, 0.3) is 0 Å². The SMILES string of the molecule is COc1cc(NC(=O)c2ccc(Br)o2)c(N2CCOCC2)cc1OC. The monoisotopic (exact) mass is 410 g/mol. The zero-order chi connectivity index (χ0) is 17.8. The van der Waals surface area contributed by atoms with Gasteiger partial charge in [-0.2, -0.15) is 0 Å². The fraction of sp³-hybridized carbons (Fsp3) is 0.353. The van der Waals surface area contributed by atoms with Crippen molar-refractivity contribution in [2.45, 2.75) is 0 Å². The molecule has 1 aromatic carbocycles. The van der Waals surface area contributed by atoms with Crippen LogP contribution in [0.2, 0.25) is 0 Å². The van der Waals surface area contributed by atoms with Gasteiger partial charge in [0.25, 0.3) is 5.91 Å². The molecule has 1 aromatic heterocycles. The summed E-state index contributed by atoms with van der Waals surface area (Å²) in [5.41, 5.74) is 1.47. The van der Waals surface area contributed by atoms with E-state index in [0.717, 1.165) is 18.8 Å². The Labute approximate surface area is 154 Å². The smallest absolute Gasteiger partial charge is 0.291 e. The second-order valence-corrected chi connectivity index (χ2v) is 6.16. The zero-order valence-corrected chi connectivity index (χ0v) is 15.6. The number of hydrogen-bond acceptors (Lipinski definition) is 6. The van der Waals surface area contributed by atoms with Crippen LogP contribution in [0.3, 0.4) is 0 Å². The van der Waals surface area contributed by atoms with E-state index in [9.17, 15) is 4.79 Å². The molecule has 25 heavy (non-hydrogen) atoms. The number of hydrogen-bond donors (Lipinski definition) is 1. The minimum absolute atomic E-state index is 0.217. The summed E-state index contributed by atoms with van der Waals surface area (Å²) in [7, 11) is 3.14. The molecule has 0 unspecified atom stereocenters. The highest BCUT2D eigenvalue weighted by Crippen LogP contribution is 2.39. The van der Waals surface area contributed by atoms with Crippen molar-refractivity contribution < 1.29 is 23.4 Å². The van der Waals surface area contributed by atoms with E-state index in [1.807, 2.05) is 6.07 Å². The molecular formula is C17H19BrN2O5. The quantitative estimate of drug-likeness (QED) is 0.815. The van der Waals surface area contributed by atoms with Gasteiger partial charge in [-0.05, 0) is 28.1 Å². The van der Waals surface area contributed by atoms with Crippen LogP contribution in [0, 0.1) is 0 Å². The van der Waals surface area contributed by atoms with Crippen molar-refractivity contribution in [1.82, 2.24) is 0 Å². The van der Waals surface area contributed by atoms with E-state index in [4.69, 9.17) is 18.6 Å². The van der Waals surface area contributed by atoms with Crippen LogP contribution in [-0.4, -0.2) is 46.4 Å². The van der Waals surface area contributed by atoms with Gasteiger partial charge < -0.3 is 28.8 Å². The Morgan fingerprint density at radius 2 is 1.84 bits per heavy atom. The molecule has 7 nitrogen and oxygen atoms in total. The van der Waals surface area contributed by atoms with E-state index in [0.29, 0.717) is 35.1 Å². The summed E-state index contributed by atoms with van der Waals surface area (Å²) in [5.74, 6) is 1.01. The minimum Gasteiger partial charge on any atom is -0.493 e. The van der Waals surface area contributed by atoms with Crippen molar-refractivity contribution in [3.05, 3.63) is 34.7 Å². The number of rotatable bonds is 5. The first kappa shape index (κ1) is 17.6. The van der Waals surface area contributed by atoms with Gasteiger partial charge >= 0.3 is 0 Å². The molecule has 1 aliphatic heterocycles. The highest BCUT2D eigenvalue weighted by atomic mass is 79.9. The molecule has 0 radical (unpaired) electrons. The van der Waals surface area contributed by atoms with Crippen LogP contribution >= 0.6 is 15.9 Å². The van der Waals surface area contributed by atoms with Gasteiger partial charge in [-0.15, -0.1) is 0 Å². The molecule has 1 saturated heterocycles. The van der Waals surface area contributed by atoms with Crippen molar-refractivity contribution >= 4 is 33.2 Å². The maximum atomic E-state index is 12.5. The maximum absolute atomic E-state index is 12.5. The lowest BCUT2D eigenvalue weighted by Gasteiger charge is -2.31. The molecule has 0 aliphatic carbocycles. The Morgan fingerprint density at radius 3 is 2.44 bits per heavy atom.